The zero-order valence-electron chi connectivity index (χ0n) is 16.5. The van der Waals surface area contributed by atoms with E-state index in [2.05, 4.69) is 47.8 Å². The molecule has 0 heterocycles. The summed E-state index contributed by atoms with van der Waals surface area (Å²) in [7, 11) is 3.34. The summed E-state index contributed by atoms with van der Waals surface area (Å²) >= 11 is 0. The topological polar surface area (TPSA) is 39.7 Å². The smallest absolute Gasteiger partial charge is 0.125 e. The minimum atomic E-state index is 0.667. The van der Waals surface area contributed by atoms with Crippen molar-refractivity contribution in [2.45, 2.75) is 12.8 Å². The van der Waals surface area contributed by atoms with Crippen LogP contribution in [0.15, 0.2) is 73.0 Å². The predicted octanol–water partition coefficient (Wildman–Crippen LogP) is 5.43. The Morgan fingerprint density at radius 3 is 2.64 bits per heavy atom. The van der Waals surface area contributed by atoms with E-state index in [1.54, 1.807) is 20.5 Å². The van der Waals surface area contributed by atoms with Crippen molar-refractivity contribution < 1.29 is 14.2 Å². The Labute approximate surface area is 166 Å². The summed E-state index contributed by atoms with van der Waals surface area (Å²) in [6.45, 7) is 1.39. The van der Waals surface area contributed by atoms with Crippen LogP contribution in [0.25, 0.3) is 10.8 Å². The summed E-state index contributed by atoms with van der Waals surface area (Å²) in [5, 5.41) is 5.90. The highest BCUT2D eigenvalue weighted by Crippen LogP contribution is 2.25. The zero-order valence-corrected chi connectivity index (χ0v) is 16.5. The van der Waals surface area contributed by atoms with Crippen LogP contribution >= 0.6 is 0 Å². The molecule has 3 rings (SSSR count). The summed E-state index contributed by atoms with van der Waals surface area (Å²) in [5.41, 5.74) is 2.29. The van der Waals surface area contributed by atoms with E-state index in [1.165, 1.54) is 10.8 Å². The van der Waals surface area contributed by atoms with Crippen molar-refractivity contribution in [3.05, 3.63) is 78.6 Å². The molecule has 0 radical (unpaired) electrons. The lowest BCUT2D eigenvalue weighted by Crippen LogP contribution is -1.99. The molecule has 0 aromatic heterocycles. The molecule has 0 fully saturated rings. The summed E-state index contributed by atoms with van der Waals surface area (Å²) < 4.78 is 16.3. The lowest BCUT2D eigenvalue weighted by atomic mass is 10.1. The van der Waals surface area contributed by atoms with Gasteiger partial charge in [0, 0.05) is 23.7 Å². The molecule has 0 amide bonds. The van der Waals surface area contributed by atoms with Crippen molar-refractivity contribution >= 4 is 16.5 Å². The van der Waals surface area contributed by atoms with E-state index in [0.29, 0.717) is 6.61 Å². The SMILES string of the molecule is COc1ccc(CCCOC=CCNc2cccc3ccccc23)c(OC)c1. The first-order valence-corrected chi connectivity index (χ1v) is 9.51. The molecule has 0 bridgehead atoms. The van der Waals surface area contributed by atoms with E-state index in [9.17, 15) is 0 Å². The number of hydrogen-bond donors (Lipinski definition) is 1. The molecular weight excluding hydrogens is 350 g/mol. The second-order valence-electron chi connectivity index (χ2n) is 6.43. The van der Waals surface area contributed by atoms with Gasteiger partial charge in [0.25, 0.3) is 0 Å². The molecule has 0 atom stereocenters. The molecule has 0 aliphatic carbocycles. The molecule has 3 aromatic rings. The molecule has 0 aliphatic heterocycles. The highest BCUT2D eigenvalue weighted by atomic mass is 16.5. The van der Waals surface area contributed by atoms with Gasteiger partial charge in [-0.15, -0.1) is 0 Å². The van der Waals surface area contributed by atoms with E-state index < -0.39 is 0 Å². The Balaban J connectivity index is 1.39. The maximum absolute atomic E-state index is 5.61. The van der Waals surface area contributed by atoms with Gasteiger partial charge in [-0.25, -0.2) is 0 Å². The minimum absolute atomic E-state index is 0.667. The third-order valence-corrected chi connectivity index (χ3v) is 4.59. The van der Waals surface area contributed by atoms with E-state index in [-0.39, 0.29) is 0 Å². The van der Waals surface area contributed by atoms with Crippen LogP contribution in [0.1, 0.15) is 12.0 Å². The molecule has 3 aromatic carbocycles. The second kappa shape index (κ2) is 10.3. The first kappa shape index (κ1) is 19.6. The van der Waals surface area contributed by atoms with Gasteiger partial charge in [-0.3, -0.25) is 0 Å². The molecule has 0 unspecified atom stereocenters. The number of ether oxygens (including phenoxy) is 3. The Morgan fingerprint density at radius 1 is 0.929 bits per heavy atom. The van der Waals surface area contributed by atoms with Gasteiger partial charge in [0.05, 0.1) is 27.1 Å². The average molecular weight is 377 g/mol. The molecule has 0 aliphatic rings. The van der Waals surface area contributed by atoms with Crippen LogP contribution in [-0.4, -0.2) is 27.4 Å². The average Bonchev–Trinajstić information content (AvgIpc) is 2.75. The van der Waals surface area contributed by atoms with Crippen LogP contribution in [0.3, 0.4) is 0 Å². The van der Waals surface area contributed by atoms with Crippen molar-refractivity contribution in [3.8, 4) is 11.5 Å². The van der Waals surface area contributed by atoms with Gasteiger partial charge < -0.3 is 19.5 Å². The van der Waals surface area contributed by atoms with Gasteiger partial charge in [-0.2, -0.15) is 0 Å². The van der Waals surface area contributed by atoms with Gasteiger partial charge in [0.1, 0.15) is 11.5 Å². The number of hydrogen-bond acceptors (Lipinski definition) is 4. The standard InChI is InChI=1S/C24H27NO3/c1-26-21-14-13-20(24(18-21)27-2)10-6-16-28-17-7-15-25-23-12-5-9-19-8-3-4-11-22(19)23/h3-5,7-9,11-14,17-18,25H,6,10,15-16H2,1-2H3. The number of benzene rings is 3. The molecule has 28 heavy (non-hydrogen) atoms. The van der Waals surface area contributed by atoms with Crippen molar-refractivity contribution in [2.75, 3.05) is 32.7 Å². The zero-order chi connectivity index (χ0) is 19.6. The van der Waals surface area contributed by atoms with Crippen LogP contribution in [-0.2, 0) is 11.2 Å². The second-order valence-corrected chi connectivity index (χ2v) is 6.43. The first-order valence-electron chi connectivity index (χ1n) is 9.51. The minimum Gasteiger partial charge on any atom is -0.501 e. The largest absolute Gasteiger partial charge is 0.501 e. The van der Waals surface area contributed by atoms with E-state index in [0.717, 1.165) is 42.1 Å². The number of rotatable bonds is 10. The summed E-state index contributed by atoms with van der Waals surface area (Å²) in [4.78, 5) is 0. The van der Waals surface area contributed by atoms with Crippen molar-refractivity contribution in [2.24, 2.45) is 0 Å². The summed E-state index contributed by atoms with van der Waals surface area (Å²) in [5.74, 6) is 1.66. The van der Waals surface area contributed by atoms with Gasteiger partial charge in [0.2, 0.25) is 0 Å². The maximum Gasteiger partial charge on any atom is 0.125 e. The van der Waals surface area contributed by atoms with Gasteiger partial charge in [-0.1, -0.05) is 42.5 Å². The van der Waals surface area contributed by atoms with Crippen molar-refractivity contribution in [1.29, 1.82) is 0 Å². The fourth-order valence-corrected chi connectivity index (χ4v) is 3.14. The van der Waals surface area contributed by atoms with Crippen molar-refractivity contribution in [1.82, 2.24) is 0 Å². The Hall–Kier alpha value is -3.14. The first-order chi connectivity index (χ1) is 13.8. The van der Waals surface area contributed by atoms with Crippen LogP contribution in [0, 0.1) is 0 Å². The van der Waals surface area contributed by atoms with Gasteiger partial charge in [0.15, 0.2) is 0 Å². The highest BCUT2D eigenvalue weighted by Gasteiger charge is 2.04. The lowest BCUT2D eigenvalue weighted by Gasteiger charge is -2.10. The van der Waals surface area contributed by atoms with Crippen molar-refractivity contribution in [3.63, 3.8) is 0 Å². The Morgan fingerprint density at radius 2 is 1.79 bits per heavy atom. The fraction of sp³-hybridized carbons (Fsp3) is 0.250. The van der Waals surface area contributed by atoms with Crippen LogP contribution in [0.4, 0.5) is 5.69 Å². The maximum atomic E-state index is 5.61. The normalized spacial score (nSPS) is 10.9. The van der Waals surface area contributed by atoms with E-state index in [4.69, 9.17) is 14.2 Å². The number of nitrogens with one attached hydrogen (secondary N) is 1. The molecule has 0 saturated heterocycles. The summed E-state index contributed by atoms with van der Waals surface area (Å²) in [6.07, 6.45) is 5.58. The third-order valence-electron chi connectivity index (χ3n) is 4.59. The number of anilines is 1. The Bertz CT molecular complexity index is 915. The van der Waals surface area contributed by atoms with Crippen LogP contribution < -0.4 is 14.8 Å². The molecule has 0 saturated carbocycles. The lowest BCUT2D eigenvalue weighted by molar-refractivity contribution is 0.244. The third kappa shape index (κ3) is 5.19. The monoisotopic (exact) mass is 377 g/mol. The van der Waals surface area contributed by atoms with E-state index in [1.807, 2.05) is 24.3 Å². The highest BCUT2D eigenvalue weighted by molar-refractivity contribution is 5.93. The number of fused-ring (bicyclic) bond motifs is 1. The number of aryl methyl sites for hydroxylation is 1. The van der Waals surface area contributed by atoms with Gasteiger partial charge >= 0.3 is 0 Å². The molecule has 4 nitrogen and oxygen atoms in total. The van der Waals surface area contributed by atoms with Crippen LogP contribution in [0.2, 0.25) is 0 Å². The fourth-order valence-electron chi connectivity index (χ4n) is 3.14. The quantitative estimate of drug-likeness (QED) is 0.378. The summed E-state index contributed by atoms with van der Waals surface area (Å²) in [6, 6.07) is 20.6. The van der Waals surface area contributed by atoms with E-state index >= 15 is 0 Å². The Kier molecular flexibility index (Phi) is 7.19. The van der Waals surface area contributed by atoms with Crippen LogP contribution in [0.5, 0.6) is 11.5 Å². The molecule has 146 valence electrons. The molecule has 1 N–H and O–H groups in total. The molecule has 4 heteroatoms. The number of methoxy groups -OCH3 is 2. The predicted molar refractivity (Wildman–Crippen MR) is 115 cm³/mol. The molecular formula is C24H27NO3. The van der Waals surface area contributed by atoms with Gasteiger partial charge in [-0.05, 0) is 42.0 Å². The molecule has 0 spiro atoms.